The Labute approximate surface area is 253 Å². The van der Waals surface area contributed by atoms with Crippen molar-refractivity contribution in [3.8, 4) is 16.9 Å². The number of hydrogen-bond acceptors (Lipinski definition) is 4. The number of aromatic nitrogens is 1. The van der Waals surface area contributed by atoms with Gasteiger partial charge in [0.25, 0.3) is 5.91 Å². The van der Waals surface area contributed by atoms with E-state index in [9.17, 15) is 22.8 Å². The Morgan fingerprint density at radius 1 is 0.841 bits per heavy atom. The van der Waals surface area contributed by atoms with Crippen molar-refractivity contribution in [1.82, 2.24) is 10.4 Å². The van der Waals surface area contributed by atoms with Crippen molar-refractivity contribution in [1.29, 1.82) is 0 Å². The van der Waals surface area contributed by atoms with Gasteiger partial charge in [-0.3, -0.25) is 4.79 Å². The predicted octanol–water partition coefficient (Wildman–Crippen LogP) is 8.64. The molecule has 1 amide bonds. The zero-order valence-corrected chi connectivity index (χ0v) is 23.4. The minimum Gasteiger partial charge on any atom is -0.422 e. The summed E-state index contributed by atoms with van der Waals surface area (Å²) in [6.07, 6.45) is -3.33. The fourth-order valence-corrected chi connectivity index (χ4v) is 5.16. The van der Waals surface area contributed by atoms with Crippen LogP contribution in [0.2, 0.25) is 5.02 Å². The lowest BCUT2D eigenvalue weighted by atomic mass is 9.99. The van der Waals surface area contributed by atoms with Crippen molar-refractivity contribution in [3.63, 3.8) is 0 Å². The molecule has 0 spiro atoms. The summed E-state index contributed by atoms with van der Waals surface area (Å²) in [4.78, 5) is 29.5. The van der Waals surface area contributed by atoms with Crippen molar-refractivity contribution < 1.29 is 27.5 Å². The normalized spacial score (nSPS) is 11.7. The van der Waals surface area contributed by atoms with Crippen LogP contribution in [-0.4, -0.2) is 23.1 Å². The lowest BCUT2D eigenvalue weighted by Gasteiger charge is -2.10. The lowest BCUT2D eigenvalue weighted by molar-refractivity contribution is -0.137. The zero-order valence-electron chi connectivity index (χ0n) is 22.7. The van der Waals surface area contributed by atoms with E-state index in [0.717, 1.165) is 39.9 Å². The van der Waals surface area contributed by atoms with Gasteiger partial charge in [-0.1, -0.05) is 84.4 Å². The third-order valence-corrected chi connectivity index (χ3v) is 7.32. The second-order valence-electron chi connectivity index (χ2n) is 9.77. The van der Waals surface area contributed by atoms with Gasteiger partial charge >= 0.3 is 12.1 Å². The Bertz CT molecular complexity index is 2090. The second kappa shape index (κ2) is 11.7. The topological polar surface area (TPSA) is 83.5 Å². The molecule has 6 nitrogen and oxygen atoms in total. The molecular weight excluding hydrogens is 591 g/mol. The highest BCUT2D eigenvalue weighted by atomic mass is 35.5. The number of hydrogen-bond donors (Lipinski definition) is 2. The summed E-state index contributed by atoms with van der Waals surface area (Å²) in [5, 5.41) is 7.27. The number of alkyl halides is 3. The largest absolute Gasteiger partial charge is 0.422 e. The number of H-pyrrole nitrogens is 1. The SMILES string of the molecule is O=C(Oc1ccccc1C=NNC(=O)c1[nH]c2c(ccc3ccccc32)c1-c1ccccc1Cl)c1cccc(C(F)(F)F)c1. The summed E-state index contributed by atoms with van der Waals surface area (Å²) in [5.41, 5.74) is 3.87. The molecule has 0 saturated heterocycles. The van der Waals surface area contributed by atoms with Crippen LogP contribution >= 0.6 is 11.6 Å². The third kappa shape index (κ3) is 5.65. The Morgan fingerprint density at radius 3 is 2.41 bits per heavy atom. The zero-order chi connectivity index (χ0) is 30.8. The van der Waals surface area contributed by atoms with E-state index in [4.69, 9.17) is 16.3 Å². The molecule has 1 heterocycles. The first-order valence-corrected chi connectivity index (χ1v) is 13.7. The van der Waals surface area contributed by atoms with Crippen molar-refractivity contribution in [2.75, 3.05) is 0 Å². The number of benzene rings is 5. The minimum absolute atomic E-state index is 0.0433. The molecule has 0 aliphatic carbocycles. The molecule has 0 aliphatic rings. The van der Waals surface area contributed by atoms with Gasteiger partial charge in [0, 0.05) is 32.5 Å². The molecule has 0 unspecified atom stereocenters. The van der Waals surface area contributed by atoms with Crippen molar-refractivity contribution in [3.05, 3.63) is 137 Å². The molecule has 2 N–H and O–H groups in total. The summed E-state index contributed by atoms with van der Waals surface area (Å²) in [6, 6.07) is 29.1. The molecule has 1 aromatic heterocycles. The summed E-state index contributed by atoms with van der Waals surface area (Å²) < 4.78 is 44.7. The Hall–Kier alpha value is -5.41. The Morgan fingerprint density at radius 2 is 1.59 bits per heavy atom. The van der Waals surface area contributed by atoms with Gasteiger partial charge in [-0.15, -0.1) is 0 Å². The molecule has 5 aromatic carbocycles. The van der Waals surface area contributed by atoms with Crippen LogP contribution in [0.15, 0.2) is 114 Å². The van der Waals surface area contributed by atoms with Gasteiger partial charge in [0.15, 0.2) is 0 Å². The van der Waals surface area contributed by atoms with Crippen molar-refractivity contribution >= 4 is 51.4 Å². The number of nitrogens with zero attached hydrogens (tertiary/aromatic N) is 1. The highest BCUT2D eigenvalue weighted by molar-refractivity contribution is 6.34. The first-order chi connectivity index (χ1) is 21.2. The first kappa shape index (κ1) is 28.7. The maximum Gasteiger partial charge on any atom is 0.416 e. The van der Waals surface area contributed by atoms with Crippen LogP contribution in [-0.2, 0) is 6.18 Å². The standard InChI is InChI=1S/C34H21ClF3N3O3/c35-27-14-5-4-13-25(27)29-26-17-16-20-8-1-3-12-24(20)30(26)40-31(29)32(42)41-39-19-22-9-2-6-15-28(22)44-33(43)21-10-7-11-23(18-21)34(36,37)38/h1-19,40H,(H,41,42). The number of esters is 1. The summed E-state index contributed by atoms with van der Waals surface area (Å²) in [6.45, 7) is 0. The minimum atomic E-state index is -4.61. The molecule has 0 bridgehead atoms. The van der Waals surface area contributed by atoms with E-state index in [1.54, 1.807) is 30.3 Å². The lowest BCUT2D eigenvalue weighted by Crippen LogP contribution is -2.19. The monoisotopic (exact) mass is 611 g/mol. The number of para-hydroxylation sites is 1. The maximum absolute atomic E-state index is 13.5. The van der Waals surface area contributed by atoms with E-state index in [2.05, 4.69) is 15.5 Å². The van der Waals surface area contributed by atoms with Crippen molar-refractivity contribution in [2.45, 2.75) is 6.18 Å². The molecule has 0 saturated carbocycles. The molecule has 218 valence electrons. The van der Waals surface area contributed by atoms with Gasteiger partial charge in [-0.25, -0.2) is 10.2 Å². The van der Waals surface area contributed by atoms with Crippen LogP contribution in [0.4, 0.5) is 13.2 Å². The third-order valence-electron chi connectivity index (χ3n) is 6.99. The predicted molar refractivity (Wildman–Crippen MR) is 164 cm³/mol. The van der Waals surface area contributed by atoms with E-state index < -0.39 is 23.6 Å². The number of nitrogens with one attached hydrogen (secondary N) is 2. The van der Waals surface area contributed by atoms with Crippen molar-refractivity contribution in [2.24, 2.45) is 5.10 Å². The molecule has 0 fully saturated rings. The van der Waals surface area contributed by atoms with E-state index in [1.807, 2.05) is 48.5 Å². The molecule has 0 aliphatic heterocycles. The Kier molecular flexibility index (Phi) is 7.63. The highest BCUT2D eigenvalue weighted by Crippen LogP contribution is 2.39. The van der Waals surface area contributed by atoms with Gasteiger partial charge in [0.2, 0.25) is 0 Å². The van der Waals surface area contributed by atoms with E-state index in [-0.39, 0.29) is 17.0 Å². The van der Waals surface area contributed by atoms with Crippen LogP contribution in [0.1, 0.15) is 32.0 Å². The fourth-order valence-electron chi connectivity index (χ4n) is 4.93. The number of carbonyl (C=O) groups is 2. The van der Waals surface area contributed by atoms with Gasteiger partial charge in [0.1, 0.15) is 11.4 Å². The molecular formula is C34H21ClF3N3O3. The average molecular weight is 612 g/mol. The molecule has 0 atom stereocenters. The molecule has 0 radical (unpaired) electrons. The maximum atomic E-state index is 13.5. The quantitative estimate of drug-likeness (QED) is 0.0856. The van der Waals surface area contributed by atoms with E-state index in [1.165, 1.54) is 18.3 Å². The van der Waals surface area contributed by atoms with Crippen LogP contribution < -0.4 is 10.2 Å². The number of carbonyl (C=O) groups excluding carboxylic acids is 2. The fraction of sp³-hybridized carbons (Fsp3) is 0.0294. The Balaban J connectivity index is 1.29. The van der Waals surface area contributed by atoms with Gasteiger partial charge in [-0.05, 0) is 41.8 Å². The number of fused-ring (bicyclic) bond motifs is 3. The summed E-state index contributed by atoms with van der Waals surface area (Å²) >= 11 is 6.56. The molecule has 44 heavy (non-hydrogen) atoms. The summed E-state index contributed by atoms with van der Waals surface area (Å²) in [5.74, 6) is -1.48. The van der Waals surface area contributed by atoms with Crippen LogP contribution in [0.25, 0.3) is 32.8 Å². The van der Waals surface area contributed by atoms with Gasteiger partial charge in [-0.2, -0.15) is 18.3 Å². The van der Waals surface area contributed by atoms with Crippen LogP contribution in [0, 0.1) is 0 Å². The number of hydrazone groups is 1. The van der Waals surface area contributed by atoms with Crippen LogP contribution in [0.5, 0.6) is 5.75 Å². The summed E-state index contributed by atoms with van der Waals surface area (Å²) in [7, 11) is 0. The smallest absolute Gasteiger partial charge is 0.416 e. The number of halogens is 4. The molecule has 6 rings (SSSR count). The van der Waals surface area contributed by atoms with Crippen LogP contribution in [0.3, 0.4) is 0 Å². The first-order valence-electron chi connectivity index (χ1n) is 13.3. The number of ether oxygens (including phenoxy) is 1. The highest BCUT2D eigenvalue weighted by Gasteiger charge is 2.31. The number of aromatic amines is 1. The van der Waals surface area contributed by atoms with E-state index >= 15 is 0 Å². The molecule has 6 aromatic rings. The number of rotatable bonds is 6. The number of amides is 1. The second-order valence-corrected chi connectivity index (χ2v) is 10.2. The van der Waals surface area contributed by atoms with E-state index in [0.29, 0.717) is 21.7 Å². The molecule has 10 heteroatoms. The average Bonchev–Trinajstić information content (AvgIpc) is 3.42. The van der Waals surface area contributed by atoms with Gasteiger partial charge in [0.05, 0.1) is 22.9 Å². The van der Waals surface area contributed by atoms with Gasteiger partial charge < -0.3 is 9.72 Å².